The van der Waals surface area contributed by atoms with Crippen molar-refractivity contribution >= 4 is 28.4 Å². The number of allylic oxidation sites excluding steroid dienone is 1. The number of hydrogen-bond donors (Lipinski definition) is 0. The molecule has 0 atom stereocenters. The fourth-order valence-corrected chi connectivity index (χ4v) is 0.727. The van der Waals surface area contributed by atoms with Gasteiger partial charge in [0.05, 0.1) is 0 Å². The monoisotopic (exact) mass is 210 g/mol. The van der Waals surface area contributed by atoms with Crippen LogP contribution < -0.4 is 0 Å². The molecule has 0 aliphatic rings. The molecule has 0 bridgehead atoms. The maximum Gasteiger partial charge on any atom is 0.155 e. The third-order valence-corrected chi connectivity index (χ3v) is 1.11. The minimum absolute atomic E-state index is 0.134. The molecule has 0 aliphatic heterocycles. The van der Waals surface area contributed by atoms with Crippen LogP contribution in [0.25, 0.3) is 0 Å². The Hall–Kier alpha value is 0.140. The van der Waals surface area contributed by atoms with Gasteiger partial charge in [-0.15, -0.1) is 0 Å². The summed E-state index contributed by atoms with van der Waals surface area (Å²) in [7, 11) is 0. The van der Waals surface area contributed by atoms with E-state index in [2.05, 4.69) is 29.2 Å². The second-order valence-corrected chi connectivity index (χ2v) is 2.19. The van der Waals surface area contributed by atoms with Crippen LogP contribution in [0.4, 0.5) is 0 Å². The van der Waals surface area contributed by atoms with Crippen molar-refractivity contribution in [3.63, 3.8) is 0 Å². The molecule has 0 rings (SSSR count). The molecule has 0 fully saturated rings. The van der Waals surface area contributed by atoms with E-state index >= 15 is 0 Å². The number of carbonyl (C=O) groups is 1. The molecule has 40 valence electrons. The number of ketones is 1. The molecule has 0 spiro atoms. The first-order valence-electron chi connectivity index (χ1n) is 2.02. The fourth-order valence-electron chi connectivity index (χ4n) is 0.195. The lowest BCUT2D eigenvalue weighted by atomic mass is 10.3. The summed E-state index contributed by atoms with van der Waals surface area (Å²) in [5, 5.41) is 0. The van der Waals surface area contributed by atoms with Gasteiger partial charge in [0.1, 0.15) is 0 Å². The molecule has 7 heavy (non-hydrogen) atoms. The van der Waals surface area contributed by atoms with E-state index in [1.807, 2.05) is 0 Å². The summed E-state index contributed by atoms with van der Waals surface area (Å²) in [5.74, 6) is 0.134. The highest BCUT2D eigenvalue weighted by Crippen LogP contribution is 1.89. The van der Waals surface area contributed by atoms with E-state index in [1.165, 1.54) is 6.08 Å². The van der Waals surface area contributed by atoms with Crippen molar-refractivity contribution in [1.82, 2.24) is 0 Å². The topological polar surface area (TPSA) is 17.1 Å². The summed E-state index contributed by atoms with van der Waals surface area (Å²) in [5.41, 5.74) is 0. The second kappa shape index (κ2) is 4.30. The van der Waals surface area contributed by atoms with Gasteiger partial charge >= 0.3 is 0 Å². The molecular formula is C5H7IO. The maximum atomic E-state index is 10.3. The Kier molecular flexibility index (Phi) is 4.39. The third kappa shape index (κ3) is 3.98. The normalized spacial score (nSPS) is 8.14. The highest BCUT2D eigenvalue weighted by molar-refractivity contribution is 14.1. The average molecular weight is 210 g/mol. The van der Waals surface area contributed by atoms with Crippen LogP contribution in [0.3, 0.4) is 0 Å². The minimum atomic E-state index is 0.134. The van der Waals surface area contributed by atoms with Crippen LogP contribution in [-0.4, -0.2) is 10.2 Å². The molecule has 0 saturated carbocycles. The zero-order chi connectivity index (χ0) is 5.70. The number of carbonyl (C=O) groups excluding carboxylic acids is 1. The van der Waals surface area contributed by atoms with E-state index in [-0.39, 0.29) is 5.78 Å². The molecule has 0 heterocycles. The molecule has 0 aliphatic carbocycles. The molecule has 0 N–H and O–H groups in total. The van der Waals surface area contributed by atoms with Crippen LogP contribution in [-0.2, 0) is 4.79 Å². The van der Waals surface area contributed by atoms with Crippen LogP contribution >= 0.6 is 22.6 Å². The van der Waals surface area contributed by atoms with E-state index in [4.69, 9.17) is 0 Å². The van der Waals surface area contributed by atoms with Gasteiger partial charge in [-0.25, -0.2) is 0 Å². The molecule has 0 aromatic carbocycles. The predicted molar refractivity (Wildman–Crippen MR) is 38.7 cm³/mol. The Morgan fingerprint density at radius 3 is 2.57 bits per heavy atom. The zero-order valence-electron chi connectivity index (χ0n) is 3.98. The van der Waals surface area contributed by atoms with Gasteiger partial charge in [-0.2, -0.15) is 0 Å². The largest absolute Gasteiger partial charge is 0.295 e. The Morgan fingerprint density at radius 2 is 2.43 bits per heavy atom. The van der Waals surface area contributed by atoms with Crippen molar-refractivity contribution in [2.24, 2.45) is 0 Å². The first-order chi connectivity index (χ1) is 3.31. The highest BCUT2D eigenvalue weighted by atomic mass is 127. The second-order valence-electron chi connectivity index (χ2n) is 1.11. The van der Waals surface area contributed by atoms with E-state index in [9.17, 15) is 4.79 Å². The van der Waals surface area contributed by atoms with Crippen LogP contribution in [0.2, 0.25) is 0 Å². The van der Waals surface area contributed by atoms with Crippen molar-refractivity contribution in [2.75, 3.05) is 4.43 Å². The predicted octanol–water partition coefficient (Wildman–Crippen LogP) is 1.57. The minimum Gasteiger partial charge on any atom is -0.295 e. The summed E-state index contributed by atoms with van der Waals surface area (Å²) in [6, 6.07) is 0. The maximum absolute atomic E-state index is 10.3. The molecule has 0 radical (unpaired) electrons. The molecule has 0 aromatic heterocycles. The molecule has 0 amide bonds. The Balaban J connectivity index is 3.17. The van der Waals surface area contributed by atoms with Gasteiger partial charge in [-0.1, -0.05) is 29.2 Å². The summed E-state index contributed by atoms with van der Waals surface area (Å²) >= 11 is 2.16. The number of halogens is 1. The lowest BCUT2D eigenvalue weighted by molar-refractivity contribution is -0.114. The SMILES string of the molecule is C=CC(=O)CCI. The fraction of sp³-hybridized carbons (Fsp3) is 0.400. The van der Waals surface area contributed by atoms with Crippen molar-refractivity contribution in [2.45, 2.75) is 6.42 Å². The average Bonchev–Trinajstić information content (AvgIpc) is 1.68. The lowest BCUT2D eigenvalue weighted by Gasteiger charge is -1.81. The van der Waals surface area contributed by atoms with Crippen LogP contribution in [0.5, 0.6) is 0 Å². The smallest absolute Gasteiger partial charge is 0.155 e. The number of hydrogen-bond acceptors (Lipinski definition) is 1. The Morgan fingerprint density at radius 1 is 1.86 bits per heavy atom. The lowest BCUT2D eigenvalue weighted by Crippen LogP contribution is -1.89. The van der Waals surface area contributed by atoms with Gasteiger partial charge in [-0.3, -0.25) is 4.79 Å². The molecule has 2 heteroatoms. The van der Waals surface area contributed by atoms with Crippen molar-refractivity contribution in [3.05, 3.63) is 12.7 Å². The molecule has 0 aromatic rings. The van der Waals surface area contributed by atoms with E-state index in [0.717, 1.165) is 4.43 Å². The zero-order valence-corrected chi connectivity index (χ0v) is 6.14. The van der Waals surface area contributed by atoms with Crippen molar-refractivity contribution in [3.8, 4) is 0 Å². The van der Waals surface area contributed by atoms with Gasteiger partial charge in [-0.05, 0) is 6.08 Å². The van der Waals surface area contributed by atoms with Crippen LogP contribution in [0, 0.1) is 0 Å². The summed E-state index contributed by atoms with van der Waals surface area (Å²) in [6.07, 6.45) is 1.99. The van der Waals surface area contributed by atoms with E-state index < -0.39 is 0 Å². The molecule has 1 nitrogen and oxygen atoms in total. The van der Waals surface area contributed by atoms with Gasteiger partial charge in [0.2, 0.25) is 0 Å². The van der Waals surface area contributed by atoms with Gasteiger partial charge in [0, 0.05) is 10.8 Å². The van der Waals surface area contributed by atoms with Crippen molar-refractivity contribution < 1.29 is 4.79 Å². The first kappa shape index (κ1) is 7.14. The number of rotatable bonds is 3. The van der Waals surface area contributed by atoms with Crippen LogP contribution in [0.15, 0.2) is 12.7 Å². The standard InChI is InChI=1S/C5H7IO/c1-2-5(7)3-4-6/h2H,1,3-4H2. The molecule has 0 unspecified atom stereocenters. The molecular weight excluding hydrogens is 203 g/mol. The van der Waals surface area contributed by atoms with Gasteiger partial charge < -0.3 is 0 Å². The Bertz CT molecular complexity index is 78.1. The summed E-state index contributed by atoms with van der Waals surface area (Å²) < 4.78 is 0.891. The summed E-state index contributed by atoms with van der Waals surface area (Å²) in [6.45, 7) is 3.33. The Labute approximate surface area is 56.9 Å². The summed E-state index contributed by atoms with van der Waals surface area (Å²) in [4.78, 5) is 10.3. The quantitative estimate of drug-likeness (QED) is 0.392. The molecule has 0 saturated heterocycles. The third-order valence-electron chi connectivity index (χ3n) is 0.569. The van der Waals surface area contributed by atoms with Gasteiger partial charge in [0.25, 0.3) is 0 Å². The van der Waals surface area contributed by atoms with Gasteiger partial charge in [0.15, 0.2) is 5.78 Å². The van der Waals surface area contributed by atoms with Crippen molar-refractivity contribution in [1.29, 1.82) is 0 Å². The highest BCUT2D eigenvalue weighted by Gasteiger charge is 1.88. The van der Waals surface area contributed by atoms with Crippen LogP contribution in [0.1, 0.15) is 6.42 Å². The first-order valence-corrected chi connectivity index (χ1v) is 3.55. The van der Waals surface area contributed by atoms with E-state index in [1.54, 1.807) is 0 Å². The van der Waals surface area contributed by atoms with E-state index in [0.29, 0.717) is 6.42 Å². The number of alkyl halides is 1.